The third-order valence-electron chi connectivity index (χ3n) is 5.86. The molecular formula is C31H37ClN2O2S. The standard InChI is InChI=1S/C31H37ClN2O2S/c1-23-12-14-25(15-13-23)22-34(29(35)11-8-20-37-27-18-16-26(32)17-19-27)28(30(36)33-31(2,3)4)21-24-9-6-5-7-10-24/h5-7,9-10,12-19,28H,8,11,20-22H2,1-4H3,(H,33,36)/t28-/m0/s1. The second kappa shape index (κ2) is 13.7. The second-order valence-corrected chi connectivity index (χ2v) is 12.0. The number of carbonyl (C=O) groups excluding carboxylic acids is 2. The van der Waals surface area contributed by atoms with Gasteiger partial charge in [0.25, 0.3) is 0 Å². The van der Waals surface area contributed by atoms with Gasteiger partial charge in [-0.2, -0.15) is 0 Å². The molecule has 3 aromatic carbocycles. The van der Waals surface area contributed by atoms with Crippen LogP contribution in [0.1, 0.15) is 50.3 Å². The maximum Gasteiger partial charge on any atom is 0.243 e. The van der Waals surface area contributed by atoms with Gasteiger partial charge in [-0.05, 0) is 75.3 Å². The van der Waals surface area contributed by atoms with Crippen molar-refractivity contribution in [2.75, 3.05) is 5.75 Å². The van der Waals surface area contributed by atoms with Crippen molar-refractivity contribution in [1.82, 2.24) is 10.2 Å². The number of hydrogen-bond acceptors (Lipinski definition) is 3. The van der Waals surface area contributed by atoms with Crippen LogP contribution in [0.2, 0.25) is 5.02 Å². The summed E-state index contributed by atoms with van der Waals surface area (Å²) in [5.74, 6) is 0.665. The van der Waals surface area contributed by atoms with Crippen molar-refractivity contribution in [3.05, 3.63) is 101 Å². The molecule has 6 heteroatoms. The van der Waals surface area contributed by atoms with E-state index in [0.29, 0.717) is 24.4 Å². The summed E-state index contributed by atoms with van der Waals surface area (Å²) in [7, 11) is 0. The Balaban J connectivity index is 1.80. The van der Waals surface area contributed by atoms with Gasteiger partial charge in [0, 0.05) is 34.8 Å². The first-order valence-corrected chi connectivity index (χ1v) is 14.1. The van der Waals surface area contributed by atoms with Gasteiger partial charge in [-0.3, -0.25) is 9.59 Å². The van der Waals surface area contributed by atoms with E-state index in [4.69, 9.17) is 11.6 Å². The highest BCUT2D eigenvalue weighted by Gasteiger charge is 2.32. The lowest BCUT2D eigenvalue weighted by atomic mass is 10.00. The van der Waals surface area contributed by atoms with Gasteiger partial charge in [0.1, 0.15) is 6.04 Å². The molecular weight excluding hydrogens is 500 g/mol. The van der Waals surface area contributed by atoms with Crippen molar-refractivity contribution in [3.63, 3.8) is 0 Å². The lowest BCUT2D eigenvalue weighted by molar-refractivity contribution is -0.142. The lowest BCUT2D eigenvalue weighted by Crippen LogP contribution is -2.54. The zero-order valence-corrected chi connectivity index (χ0v) is 23.7. The fourth-order valence-electron chi connectivity index (χ4n) is 3.98. The van der Waals surface area contributed by atoms with Gasteiger partial charge in [0.15, 0.2) is 0 Å². The number of carbonyl (C=O) groups is 2. The third kappa shape index (κ3) is 9.90. The molecule has 0 aliphatic rings. The molecule has 0 fully saturated rings. The van der Waals surface area contributed by atoms with Gasteiger partial charge in [-0.1, -0.05) is 71.8 Å². The normalized spacial score (nSPS) is 12.1. The average molecular weight is 537 g/mol. The number of aryl methyl sites for hydroxylation is 1. The van der Waals surface area contributed by atoms with E-state index in [2.05, 4.69) is 5.32 Å². The highest BCUT2D eigenvalue weighted by atomic mass is 35.5. The van der Waals surface area contributed by atoms with Crippen LogP contribution in [0, 0.1) is 6.92 Å². The fraction of sp³-hybridized carbons (Fsp3) is 0.355. The Morgan fingerprint density at radius 3 is 2.19 bits per heavy atom. The Morgan fingerprint density at radius 1 is 0.919 bits per heavy atom. The predicted molar refractivity (Wildman–Crippen MR) is 155 cm³/mol. The van der Waals surface area contributed by atoms with E-state index in [9.17, 15) is 9.59 Å². The minimum Gasteiger partial charge on any atom is -0.350 e. The number of nitrogens with one attached hydrogen (secondary N) is 1. The molecule has 0 heterocycles. The number of rotatable bonds is 11. The maximum absolute atomic E-state index is 13.7. The van der Waals surface area contributed by atoms with Gasteiger partial charge in [0.2, 0.25) is 11.8 Å². The molecule has 0 saturated carbocycles. The number of thioether (sulfide) groups is 1. The molecule has 0 radical (unpaired) electrons. The quantitative estimate of drug-likeness (QED) is 0.210. The van der Waals surface area contributed by atoms with Gasteiger partial charge in [0.05, 0.1) is 0 Å². The first-order valence-electron chi connectivity index (χ1n) is 12.7. The SMILES string of the molecule is Cc1ccc(CN(C(=O)CCCSc2ccc(Cl)cc2)[C@@H](Cc2ccccc2)C(=O)NC(C)(C)C)cc1. The van der Waals surface area contributed by atoms with Crippen LogP contribution < -0.4 is 5.32 Å². The van der Waals surface area contributed by atoms with E-state index in [-0.39, 0.29) is 11.8 Å². The van der Waals surface area contributed by atoms with E-state index in [1.807, 2.05) is 107 Å². The number of halogens is 1. The van der Waals surface area contributed by atoms with Gasteiger partial charge in [-0.25, -0.2) is 0 Å². The molecule has 196 valence electrons. The molecule has 1 N–H and O–H groups in total. The molecule has 0 aromatic heterocycles. The first kappa shape index (κ1) is 28.8. The number of benzene rings is 3. The van der Waals surface area contributed by atoms with Crippen LogP contribution in [0.25, 0.3) is 0 Å². The number of amides is 2. The van der Waals surface area contributed by atoms with E-state index in [0.717, 1.165) is 33.8 Å². The molecule has 0 aliphatic heterocycles. The molecule has 3 aromatic rings. The van der Waals surface area contributed by atoms with E-state index in [1.165, 1.54) is 0 Å². The molecule has 0 saturated heterocycles. The molecule has 0 spiro atoms. The minimum absolute atomic E-state index is 0.0118. The Labute approximate surface area is 230 Å². The molecule has 4 nitrogen and oxygen atoms in total. The van der Waals surface area contributed by atoms with Crippen LogP contribution in [0.5, 0.6) is 0 Å². The van der Waals surface area contributed by atoms with Crippen molar-refractivity contribution in [2.24, 2.45) is 0 Å². The average Bonchev–Trinajstić information content (AvgIpc) is 2.85. The summed E-state index contributed by atoms with van der Waals surface area (Å²) in [6, 6.07) is 25.2. The van der Waals surface area contributed by atoms with E-state index >= 15 is 0 Å². The van der Waals surface area contributed by atoms with Crippen molar-refractivity contribution in [1.29, 1.82) is 0 Å². The van der Waals surface area contributed by atoms with Gasteiger partial charge in [-0.15, -0.1) is 11.8 Å². The molecule has 3 rings (SSSR count). The summed E-state index contributed by atoms with van der Waals surface area (Å²) in [6.07, 6.45) is 1.55. The highest BCUT2D eigenvalue weighted by molar-refractivity contribution is 7.99. The maximum atomic E-state index is 13.7. The molecule has 37 heavy (non-hydrogen) atoms. The highest BCUT2D eigenvalue weighted by Crippen LogP contribution is 2.23. The first-order chi connectivity index (χ1) is 17.6. The van der Waals surface area contributed by atoms with Gasteiger partial charge >= 0.3 is 0 Å². The Morgan fingerprint density at radius 2 is 1.57 bits per heavy atom. The summed E-state index contributed by atoms with van der Waals surface area (Å²) < 4.78 is 0. The summed E-state index contributed by atoms with van der Waals surface area (Å²) in [6.45, 7) is 8.32. The topological polar surface area (TPSA) is 49.4 Å². The Bertz CT molecular complexity index is 1140. The monoisotopic (exact) mass is 536 g/mol. The van der Waals surface area contributed by atoms with Crippen LogP contribution >= 0.6 is 23.4 Å². The summed E-state index contributed by atoms with van der Waals surface area (Å²) >= 11 is 7.69. The summed E-state index contributed by atoms with van der Waals surface area (Å²) in [5.41, 5.74) is 2.79. The van der Waals surface area contributed by atoms with Crippen molar-refractivity contribution in [2.45, 2.75) is 70.0 Å². The van der Waals surface area contributed by atoms with Crippen LogP contribution in [0.4, 0.5) is 0 Å². The van der Waals surface area contributed by atoms with Crippen LogP contribution in [-0.4, -0.2) is 34.0 Å². The lowest BCUT2D eigenvalue weighted by Gasteiger charge is -2.34. The molecule has 0 bridgehead atoms. The van der Waals surface area contributed by atoms with E-state index in [1.54, 1.807) is 16.7 Å². The molecule has 1 atom stereocenters. The molecule has 2 amide bonds. The fourth-order valence-corrected chi connectivity index (χ4v) is 4.96. The molecule has 0 aliphatic carbocycles. The van der Waals surface area contributed by atoms with Crippen molar-refractivity contribution in [3.8, 4) is 0 Å². The Hall–Kier alpha value is -2.76. The zero-order chi connectivity index (χ0) is 26.8. The third-order valence-corrected chi connectivity index (χ3v) is 7.21. The summed E-state index contributed by atoms with van der Waals surface area (Å²) in [5, 5.41) is 3.83. The predicted octanol–water partition coefficient (Wildman–Crippen LogP) is 7.08. The van der Waals surface area contributed by atoms with Crippen LogP contribution in [-0.2, 0) is 22.6 Å². The largest absolute Gasteiger partial charge is 0.350 e. The van der Waals surface area contributed by atoms with Crippen molar-refractivity contribution < 1.29 is 9.59 Å². The van der Waals surface area contributed by atoms with Crippen LogP contribution in [0.3, 0.4) is 0 Å². The number of hydrogen-bond donors (Lipinski definition) is 1. The number of nitrogens with zero attached hydrogens (tertiary/aromatic N) is 1. The Kier molecular flexibility index (Phi) is 10.7. The smallest absolute Gasteiger partial charge is 0.243 e. The van der Waals surface area contributed by atoms with Gasteiger partial charge < -0.3 is 10.2 Å². The zero-order valence-electron chi connectivity index (χ0n) is 22.2. The van der Waals surface area contributed by atoms with Crippen LogP contribution in [0.15, 0.2) is 83.8 Å². The second-order valence-electron chi connectivity index (χ2n) is 10.4. The van der Waals surface area contributed by atoms with E-state index < -0.39 is 11.6 Å². The minimum atomic E-state index is -0.612. The molecule has 0 unspecified atom stereocenters. The summed E-state index contributed by atoms with van der Waals surface area (Å²) in [4.78, 5) is 30.2. The van der Waals surface area contributed by atoms with Crippen molar-refractivity contribution >= 4 is 35.2 Å².